The van der Waals surface area contributed by atoms with E-state index in [1.165, 1.54) is 6.07 Å². The highest BCUT2D eigenvalue weighted by Gasteiger charge is 2.27. The molecule has 1 saturated heterocycles. The maximum absolute atomic E-state index is 13.7. The predicted octanol–water partition coefficient (Wildman–Crippen LogP) is 3.14. The Hall–Kier alpha value is -3.24. The summed E-state index contributed by atoms with van der Waals surface area (Å²) in [6.07, 6.45) is 2.10. The van der Waals surface area contributed by atoms with E-state index in [1.807, 2.05) is 30.3 Å². The van der Waals surface area contributed by atoms with E-state index in [0.29, 0.717) is 51.0 Å². The van der Waals surface area contributed by atoms with Crippen molar-refractivity contribution in [2.45, 2.75) is 25.7 Å². The SMILES string of the molecule is N#CCCN(C(=O)CN1CCC(C(=O)NCCc2ccccc2F)CC1)c1ccccc1. The van der Waals surface area contributed by atoms with Gasteiger partial charge >= 0.3 is 0 Å². The molecule has 0 aromatic heterocycles. The quantitative estimate of drug-likeness (QED) is 0.655. The van der Waals surface area contributed by atoms with Crippen LogP contribution in [0.4, 0.5) is 10.1 Å². The van der Waals surface area contributed by atoms with Gasteiger partial charge in [0.05, 0.1) is 19.0 Å². The summed E-state index contributed by atoms with van der Waals surface area (Å²) in [4.78, 5) is 29.1. The van der Waals surface area contributed by atoms with E-state index in [-0.39, 0.29) is 36.5 Å². The molecule has 2 amide bonds. The minimum absolute atomic E-state index is 0.00718. The number of hydrogen-bond donors (Lipinski definition) is 1. The average molecular weight is 437 g/mol. The molecule has 168 valence electrons. The molecule has 1 heterocycles. The molecule has 32 heavy (non-hydrogen) atoms. The molecule has 1 fully saturated rings. The van der Waals surface area contributed by atoms with Crippen LogP contribution >= 0.6 is 0 Å². The van der Waals surface area contributed by atoms with Crippen molar-refractivity contribution >= 4 is 17.5 Å². The average Bonchev–Trinajstić information content (AvgIpc) is 2.81. The lowest BCUT2D eigenvalue weighted by Crippen LogP contribution is -2.46. The Morgan fingerprint density at radius 2 is 1.78 bits per heavy atom. The number of para-hydroxylation sites is 1. The van der Waals surface area contributed by atoms with Crippen LogP contribution in [-0.4, -0.2) is 49.4 Å². The van der Waals surface area contributed by atoms with Gasteiger partial charge in [-0.25, -0.2) is 4.39 Å². The maximum atomic E-state index is 13.7. The van der Waals surface area contributed by atoms with Crippen LogP contribution in [-0.2, 0) is 16.0 Å². The predicted molar refractivity (Wildman–Crippen MR) is 121 cm³/mol. The molecule has 0 radical (unpaired) electrons. The number of nitrogens with one attached hydrogen (secondary N) is 1. The van der Waals surface area contributed by atoms with Gasteiger partial charge in [0, 0.05) is 24.7 Å². The van der Waals surface area contributed by atoms with Gasteiger partial charge in [-0.3, -0.25) is 14.5 Å². The van der Waals surface area contributed by atoms with Crippen molar-refractivity contribution in [2.24, 2.45) is 5.92 Å². The number of rotatable bonds is 9. The maximum Gasteiger partial charge on any atom is 0.241 e. The lowest BCUT2D eigenvalue weighted by Gasteiger charge is -2.32. The first-order valence-electron chi connectivity index (χ1n) is 11.0. The fourth-order valence-corrected chi connectivity index (χ4v) is 3.96. The molecular weight excluding hydrogens is 407 g/mol. The lowest BCUT2D eigenvalue weighted by molar-refractivity contribution is -0.126. The Balaban J connectivity index is 1.44. The van der Waals surface area contributed by atoms with Gasteiger partial charge in [0.1, 0.15) is 5.82 Å². The Labute approximate surface area is 188 Å². The fraction of sp³-hybridized carbons (Fsp3) is 0.400. The third-order valence-electron chi connectivity index (χ3n) is 5.78. The summed E-state index contributed by atoms with van der Waals surface area (Å²) >= 11 is 0. The molecule has 0 saturated carbocycles. The second kappa shape index (κ2) is 12.0. The Morgan fingerprint density at radius 1 is 1.09 bits per heavy atom. The smallest absolute Gasteiger partial charge is 0.241 e. The van der Waals surface area contributed by atoms with Crippen molar-refractivity contribution in [1.29, 1.82) is 5.26 Å². The van der Waals surface area contributed by atoms with Crippen LogP contribution in [0.1, 0.15) is 24.8 Å². The number of nitriles is 1. The molecular formula is C25H29FN4O2. The topological polar surface area (TPSA) is 76.4 Å². The molecule has 0 spiro atoms. The molecule has 2 aromatic carbocycles. The van der Waals surface area contributed by atoms with Gasteiger partial charge < -0.3 is 10.2 Å². The number of carbonyl (C=O) groups excluding carboxylic acids is 2. The Kier molecular flexibility index (Phi) is 8.76. The zero-order valence-electron chi connectivity index (χ0n) is 18.2. The molecule has 0 unspecified atom stereocenters. The molecule has 0 atom stereocenters. The van der Waals surface area contributed by atoms with Crippen LogP contribution < -0.4 is 10.2 Å². The number of nitrogens with zero attached hydrogens (tertiary/aromatic N) is 3. The van der Waals surface area contributed by atoms with Gasteiger partial charge in [-0.05, 0) is 56.1 Å². The molecule has 1 N–H and O–H groups in total. The minimum Gasteiger partial charge on any atom is -0.356 e. The van der Waals surface area contributed by atoms with E-state index in [9.17, 15) is 14.0 Å². The van der Waals surface area contributed by atoms with E-state index >= 15 is 0 Å². The van der Waals surface area contributed by atoms with Gasteiger partial charge in [-0.2, -0.15) is 5.26 Å². The third-order valence-corrected chi connectivity index (χ3v) is 5.78. The Morgan fingerprint density at radius 3 is 2.47 bits per heavy atom. The fourth-order valence-electron chi connectivity index (χ4n) is 3.96. The van der Waals surface area contributed by atoms with E-state index < -0.39 is 0 Å². The third kappa shape index (κ3) is 6.63. The molecule has 2 aromatic rings. The zero-order chi connectivity index (χ0) is 22.8. The van der Waals surface area contributed by atoms with Crippen molar-refractivity contribution in [1.82, 2.24) is 10.2 Å². The zero-order valence-corrected chi connectivity index (χ0v) is 18.2. The number of hydrogen-bond acceptors (Lipinski definition) is 4. The summed E-state index contributed by atoms with van der Waals surface area (Å²) in [5, 5.41) is 11.8. The number of carbonyl (C=O) groups is 2. The summed E-state index contributed by atoms with van der Waals surface area (Å²) in [7, 11) is 0. The molecule has 1 aliphatic heterocycles. The van der Waals surface area contributed by atoms with Crippen LogP contribution in [0.25, 0.3) is 0 Å². The molecule has 0 aliphatic carbocycles. The number of amides is 2. The molecule has 0 bridgehead atoms. The van der Waals surface area contributed by atoms with E-state index in [4.69, 9.17) is 5.26 Å². The lowest BCUT2D eigenvalue weighted by atomic mass is 9.95. The molecule has 1 aliphatic rings. The van der Waals surface area contributed by atoms with Crippen LogP contribution in [0.3, 0.4) is 0 Å². The van der Waals surface area contributed by atoms with E-state index in [1.54, 1.807) is 23.1 Å². The highest BCUT2D eigenvalue weighted by molar-refractivity contribution is 5.94. The highest BCUT2D eigenvalue weighted by Crippen LogP contribution is 2.19. The first kappa shape index (κ1) is 23.4. The van der Waals surface area contributed by atoms with Gasteiger partial charge in [-0.15, -0.1) is 0 Å². The summed E-state index contributed by atoms with van der Waals surface area (Å²) in [6.45, 7) is 2.36. The van der Waals surface area contributed by atoms with Crippen molar-refractivity contribution in [2.75, 3.05) is 37.6 Å². The van der Waals surface area contributed by atoms with Crippen molar-refractivity contribution in [3.63, 3.8) is 0 Å². The normalized spacial score (nSPS) is 14.5. The standard InChI is InChI=1S/C25H29FN4O2/c26-23-10-5-4-7-20(23)11-15-28-25(32)21-12-17-29(18-13-21)19-24(31)30(16-6-14-27)22-8-2-1-3-9-22/h1-5,7-10,21H,6,11-13,15-19H2,(H,28,32). The van der Waals surface area contributed by atoms with Gasteiger partial charge in [0.25, 0.3) is 0 Å². The second-order valence-corrected chi connectivity index (χ2v) is 7.97. The van der Waals surface area contributed by atoms with Crippen LogP contribution in [0.2, 0.25) is 0 Å². The van der Waals surface area contributed by atoms with Crippen molar-refractivity contribution in [3.8, 4) is 6.07 Å². The molecule has 6 nitrogen and oxygen atoms in total. The van der Waals surface area contributed by atoms with Crippen molar-refractivity contribution in [3.05, 3.63) is 66.0 Å². The Bertz CT molecular complexity index is 936. The first-order valence-corrected chi connectivity index (χ1v) is 11.0. The number of halogens is 1. The van der Waals surface area contributed by atoms with Gasteiger partial charge in [0.15, 0.2) is 0 Å². The van der Waals surface area contributed by atoms with E-state index in [2.05, 4.69) is 16.3 Å². The minimum atomic E-state index is -0.251. The molecule has 7 heteroatoms. The summed E-state index contributed by atoms with van der Waals surface area (Å²) < 4.78 is 13.7. The van der Waals surface area contributed by atoms with Crippen molar-refractivity contribution < 1.29 is 14.0 Å². The second-order valence-electron chi connectivity index (χ2n) is 7.97. The van der Waals surface area contributed by atoms with Crippen LogP contribution in [0.15, 0.2) is 54.6 Å². The first-order chi connectivity index (χ1) is 15.6. The number of likely N-dealkylation sites (tertiary alicyclic amines) is 1. The number of piperidine rings is 1. The summed E-state index contributed by atoms with van der Waals surface area (Å²) in [5.74, 6) is -0.392. The molecule has 3 rings (SSSR count). The summed E-state index contributed by atoms with van der Waals surface area (Å²) in [5.41, 5.74) is 1.39. The van der Waals surface area contributed by atoms with Gasteiger partial charge in [0.2, 0.25) is 11.8 Å². The monoisotopic (exact) mass is 436 g/mol. The van der Waals surface area contributed by atoms with Crippen LogP contribution in [0, 0.1) is 23.1 Å². The number of benzene rings is 2. The largest absolute Gasteiger partial charge is 0.356 e. The summed E-state index contributed by atoms with van der Waals surface area (Å²) in [6, 6.07) is 18.1. The van der Waals surface area contributed by atoms with Gasteiger partial charge in [-0.1, -0.05) is 36.4 Å². The van der Waals surface area contributed by atoms with Crippen LogP contribution in [0.5, 0.6) is 0 Å². The highest BCUT2D eigenvalue weighted by atomic mass is 19.1. The number of anilines is 1. The van der Waals surface area contributed by atoms with E-state index in [0.717, 1.165) is 5.69 Å².